The normalized spacial score (nSPS) is 32.6. The van der Waals surface area contributed by atoms with E-state index < -0.39 is 0 Å². The van der Waals surface area contributed by atoms with Crippen LogP contribution < -0.4 is 10.1 Å². The van der Waals surface area contributed by atoms with Gasteiger partial charge in [-0.25, -0.2) is 0 Å². The lowest BCUT2D eigenvalue weighted by atomic mass is 9.64. The fourth-order valence-electron chi connectivity index (χ4n) is 5.65. The summed E-state index contributed by atoms with van der Waals surface area (Å²) < 4.78 is 5.42. The number of methoxy groups -OCH3 is 1. The van der Waals surface area contributed by atoms with Crippen LogP contribution in [0.25, 0.3) is 0 Å². The Bertz CT molecular complexity index is 904. The molecule has 2 unspecified atom stereocenters. The maximum atomic E-state index is 13.4. The minimum absolute atomic E-state index is 0.0756. The molecule has 0 spiro atoms. The van der Waals surface area contributed by atoms with Crippen LogP contribution in [-0.4, -0.2) is 68.1 Å². The van der Waals surface area contributed by atoms with Crippen LogP contribution in [0.5, 0.6) is 5.75 Å². The molecule has 4 aliphatic rings. The van der Waals surface area contributed by atoms with Gasteiger partial charge in [-0.15, -0.1) is 0 Å². The van der Waals surface area contributed by atoms with E-state index in [9.17, 15) is 4.79 Å². The number of hydrogen-bond donors (Lipinski definition) is 1. The minimum atomic E-state index is -0.111. The predicted octanol–water partition coefficient (Wildman–Crippen LogP) is 2.65. The van der Waals surface area contributed by atoms with Crippen molar-refractivity contribution < 1.29 is 9.53 Å². The van der Waals surface area contributed by atoms with Crippen molar-refractivity contribution in [3.8, 4) is 5.75 Å². The number of benzene rings is 2. The topological polar surface area (TPSA) is 44.8 Å². The number of fused-ring (bicyclic) bond motifs is 1. The third kappa shape index (κ3) is 3.21. The monoisotopic (exact) mass is 411 g/mol. The van der Waals surface area contributed by atoms with Gasteiger partial charge in [-0.1, -0.05) is 41.9 Å². The number of rotatable bonds is 4. The van der Waals surface area contributed by atoms with Gasteiger partial charge in [0.25, 0.3) is 5.91 Å². The fourth-order valence-corrected chi connectivity index (χ4v) is 5.82. The summed E-state index contributed by atoms with van der Waals surface area (Å²) in [5.41, 5.74) is 1.69. The molecule has 2 aromatic carbocycles. The van der Waals surface area contributed by atoms with Crippen LogP contribution >= 0.6 is 11.6 Å². The largest absolute Gasteiger partial charge is 0.496 e. The molecule has 4 saturated heterocycles. The summed E-state index contributed by atoms with van der Waals surface area (Å²) in [5, 5.41) is 3.95. The van der Waals surface area contributed by atoms with E-state index in [1.54, 1.807) is 25.3 Å². The lowest BCUT2D eigenvalue weighted by molar-refractivity contribution is 0.0180. The second kappa shape index (κ2) is 7.31. The first-order valence-electron chi connectivity index (χ1n) is 10.2. The number of halogens is 1. The van der Waals surface area contributed by atoms with Crippen molar-refractivity contribution in [3.63, 3.8) is 0 Å². The Labute approximate surface area is 176 Å². The Hall–Kier alpha value is -2.08. The zero-order valence-electron chi connectivity index (χ0n) is 16.6. The van der Waals surface area contributed by atoms with Crippen molar-refractivity contribution >= 4 is 17.5 Å². The van der Waals surface area contributed by atoms with E-state index in [1.165, 1.54) is 5.56 Å². The number of carbonyl (C=O) groups excluding carboxylic acids is 1. The maximum absolute atomic E-state index is 13.4. The van der Waals surface area contributed by atoms with Gasteiger partial charge in [-0.3, -0.25) is 4.79 Å². The summed E-state index contributed by atoms with van der Waals surface area (Å²) in [6, 6.07) is 16.0. The van der Waals surface area contributed by atoms with Crippen molar-refractivity contribution in [1.29, 1.82) is 0 Å². The van der Waals surface area contributed by atoms with Gasteiger partial charge in [0.15, 0.2) is 0 Å². The molecule has 6 heteroatoms. The molecule has 0 aromatic heterocycles. The summed E-state index contributed by atoms with van der Waals surface area (Å²) in [4.78, 5) is 18.5. The molecule has 2 aromatic rings. The SMILES string of the molecule is COc1ccc(Cl)cc1C(=O)N[C@H]1C2CN3CCN(C2)CC1(c1ccccc1)C3. The molecule has 0 saturated carbocycles. The maximum Gasteiger partial charge on any atom is 0.255 e. The Morgan fingerprint density at radius 3 is 2.45 bits per heavy atom. The molecule has 3 atom stereocenters. The van der Waals surface area contributed by atoms with Crippen LogP contribution in [0.3, 0.4) is 0 Å². The van der Waals surface area contributed by atoms with Crippen LogP contribution in [-0.2, 0) is 5.41 Å². The standard InChI is InChI=1S/C23H26ClN3O2/c1-29-20-8-7-18(24)11-19(20)22(28)25-21-16-12-26-9-10-27(13-16)15-23(21,14-26)17-5-3-2-4-6-17/h2-8,11,16,21H,9-10,12-15H2,1H3,(H,25,28)/t16?,21-,23?/m0/s1. The summed E-state index contributed by atoms with van der Waals surface area (Å²) >= 11 is 6.18. The van der Waals surface area contributed by atoms with E-state index in [1.807, 2.05) is 0 Å². The molecule has 4 heterocycles. The second-order valence-corrected chi connectivity index (χ2v) is 8.98. The van der Waals surface area contributed by atoms with Crippen LogP contribution in [0.4, 0.5) is 0 Å². The highest BCUT2D eigenvalue weighted by Crippen LogP contribution is 2.43. The number of carbonyl (C=O) groups is 1. The van der Waals surface area contributed by atoms with Gasteiger partial charge in [0.2, 0.25) is 0 Å². The zero-order valence-corrected chi connectivity index (χ0v) is 17.4. The Kier molecular flexibility index (Phi) is 4.77. The summed E-state index contributed by atoms with van der Waals surface area (Å²) in [7, 11) is 1.58. The van der Waals surface area contributed by atoms with Gasteiger partial charge in [0, 0.05) is 61.7 Å². The highest BCUT2D eigenvalue weighted by Gasteiger charge is 2.55. The first-order chi connectivity index (χ1) is 14.1. The minimum Gasteiger partial charge on any atom is -0.496 e. The van der Waals surface area contributed by atoms with E-state index in [0.717, 1.165) is 39.3 Å². The predicted molar refractivity (Wildman–Crippen MR) is 114 cm³/mol. The highest BCUT2D eigenvalue weighted by atomic mass is 35.5. The van der Waals surface area contributed by atoms with Gasteiger partial charge >= 0.3 is 0 Å². The molecular weight excluding hydrogens is 386 g/mol. The molecule has 1 N–H and O–H groups in total. The van der Waals surface area contributed by atoms with Crippen molar-refractivity contribution in [3.05, 3.63) is 64.7 Å². The Balaban J connectivity index is 1.53. The third-order valence-electron chi connectivity index (χ3n) is 6.84. The number of piperidine rings is 2. The van der Waals surface area contributed by atoms with E-state index in [0.29, 0.717) is 22.3 Å². The summed E-state index contributed by atoms with van der Waals surface area (Å²) in [6.45, 7) is 6.22. The van der Waals surface area contributed by atoms with E-state index >= 15 is 0 Å². The van der Waals surface area contributed by atoms with E-state index in [-0.39, 0.29) is 17.4 Å². The zero-order chi connectivity index (χ0) is 20.0. The summed E-state index contributed by atoms with van der Waals surface area (Å²) in [6.07, 6.45) is 0. The summed E-state index contributed by atoms with van der Waals surface area (Å²) in [5.74, 6) is 0.837. The first kappa shape index (κ1) is 18.9. The molecule has 4 bridgehead atoms. The first-order valence-corrected chi connectivity index (χ1v) is 10.6. The molecule has 152 valence electrons. The van der Waals surface area contributed by atoms with Crippen LogP contribution in [0.15, 0.2) is 48.5 Å². The van der Waals surface area contributed by atoms with Crippen molar-refractivity contribution in [2.24, 2.45) is 5.92 Å². The Morgan fingerprint density at radius 2 is 1.79 bits per heavy atom. The van der Waals surface area contributed by atoms with Gasteiger partial charge in [0.05, 0.1) is 12.7 Å². The number of hydrogen-bond acceptors (Lipinski definition) is 4. The van der Waals surface area contributed by atoms with Crippen LogP contribution in [0, 0.1) is 5.92 Å². The number of nitrogens with one attached hydrogen (secondary N) is 1. The van der Waals surface area contributed by atoms with Crippen LogP contribution in [0.2, 0.25) is 5.02 Å². The lowest BCUT2D eigenvalue weighted by Gasteiger charge is -2.55. The molecular formula is C23H26ClN3O2. The molecule has 0 radical (unpaired) electrons. The molecule has 6 rings (SSSR count). The smallest absolute Gasteiger partial charge is 0.255 e. The average molecular weight is 412 g/mol. The number of amides is 1. The fraction of sp³-hybridized carbons (Fsp3) is 0.435. The lowest BCUT2D eigenvalue weighted by Crippen LogP contribution is -2.70. The second-order valence-electron chi connectivity index (χ2n) is 8.55. The molecule has 0 aliphatic carbocycles. The molecule has 5 nitrogen and oxygen atoms in total. The number of nitrogens with zero attached hydrogens (tertiary/aromatic N) is 2. The van der Waals surface area contributed by atoms with E-state index in [2.05, 4.69) is 45.4 Å². The van der Waals surface area contributed by atoms with Crippen LogP contribution in [0.1, 0.15) is 15.9 Å². The molecule has 29 heavy (non-hydrogen) atoms. The van der Waals surface area contributed by atoms with Gasteiger partial charge < -0.3 is 19.9 Å². The van der Waals surface area contributed by atoms with Crippen molar-refractivity contribution in [1.82, 2.24) is 15.1 Å². The molecule has 1 amide bonds. The molecule has 4 fully saturated rings. The van der Waals surface area contributed by atoms with Crippen molar-refractivity contribution in [2.75, 3.05) is 46.4 Å². The highest BCUT2D eigenvalue weighted by molar-refractivity contribution is 6.31. The molecule has 4 aliphatic heterocycles. The quantitative estimate of drug-likeness (QED) is 0.840. The average Bonchev–Trinajstić information content (AvgIpc) is 2.99. The van der Waals surface area contributed by atoms with Gasteiger partial charge in [0.1, 0.15) is 5.75 Å². The van der Waals surface area contributed by atoms with E-state index in [4.69, 9.17) is 16.3 Å². The number of ether oxygens (including phenoxy) is 1. The third-order valence-corrected chi connectivity index (χ3v) is 7.07. The van der Waals surface area contributed by atoms with Gasteiger partial charge in [-0.2, -0.15) is 0 Å². The Morgan fingerprint density at radius 1 is 1.10 bits per heavy atom. The van der Waals surface area contributed by atoms with Crippen molar-refractivity contribution in [2.45, 2.75) is 11.5 Å². The van der Waals surface area contributed by atoms with Gasteiger partial charge in [-0.05, 0) is 23.8 Å².